The summed E-state index contributed by atoms with van der Waals surface area (Å²) in [6.45, 7) is 4.22. The van der Waals surface area contributed by atoms with E-state index in [0.717, 1.165) is 23.7 Å². The highest BCUT2D eigenvalue weighted by Gasteiger charge is 2.19. The number of hydrogen-bond acceptors (Lipinski definition) is 2. The second kappa shape index (κ2) is 4.42. The van der Waals surface area contributed by atoms with E-state index >= 15 is 0 Å². The minimum Gasteiger partial charge on any atom is -0.370 e. The van der Waals surface area contributed by atoms with E-state index in [1.165, 1.54) is 12.1 Å². The van der Waals surface area contributed by atoms with Crippen LogP contribution < -0.4 is 10.2 Å². The minimum atomic E-state index is 0.601. The molecule has 1 heterocycles. The highest BCUT2D eigenvalue weighted by atomic mass is 35.5. The van der Waals surface area contributed by atoms with Crippen molar-refractivity contribution in [2.24, 2.45) is 0 Å². The maximum atomic E-state index is 6.12. The van der Waals surface area contributed by atoms with E-state index in [2.05, 4.69) is 35.5 Å². The number of nitrogens with one attached hydrogen (secondary N) is 1. The van der Waals surface area contributed by atoms with Crippen molar-refractivity contribution in [1.82, 2.24) is 5.32 Å². The molecule has 1 atom stereocenters. The Morgan fingerprint density at radius 1 is 1.47 bits per heavy atom. The van der Waals surface area contributed by atoms with Crippen LogP contribution >= 0.6 is 11.6 Å². The first-order chi connectivity index (χ1) is 7.18. The van der Waals surface area contributed by atoms with Crippen LogP contribution in [0.1, 0.15) is 12.0 Å². The number of nitrogens with zero attached hydrogens (tertiary/aromatic N) is 1. The summed E-state index contributed by atoms with van der Waals surface area (Å²) in [6.07, 6.45) is 1.21. The molecule has 1 saturated heterocycles. The lowest BCUT2D eigenvalue weighted by molar-refractivity contribution is 0.685. The summed E-state index contributed by atoms with van der Waals surface area (Å²) >= 11 is 6.12. The molecule has 0 aliphatic carbocycles. The van der Waals surface area contributed by atoms with Crippen LogP contribution in [0, 0.1) is 6.92 Å². The number of hydrogen-bond donors (Lipinski definition) is 1. The van der Waals surface area contributed by atoms with Crippen molar-refractivity contribution in [2.45, 2.75) is 19.4 Å². The molecular formula is C12H17ClN2. The van der Waals surface area contributed by atoms with Gasteiger partial charge in [-0.25, -0.2) is 0 Å². The molecule has 1 N–H and O–H groups in total. The van der Waals surface area contributed by atoms with E-state index in [1.54, 1.807) is 0 Å². The Morgan fingerprint density at radius 3 is 2.87 bits per heavy atom. The van der Waals surface area contributed by atoms with Crippen LogP contribution in [0.4, 0.5) is 5.69 Å². The third-order valence-corrected chi connectivity index (χ3v) is 3.55. The lowest BCUT2D eigenvalue weighted by Gasteiger charge is -2.26. The average Bonchev–Trinajstić information content (AvgIpc) is 2.74. The summed E-state index contributed by atoms with van der Waals surface area (Å²) in [5.41, 5.74) is 2.35. The molecule has 1 aliphatic rings. The minimum absolute atomic E-state index is 0.601. The molecule has 0 amide bonds. The van der Waals surface area contributed by atoms with Crippen LogP contribution in [0.3, 0.4) is 0 Å². The van der Waals surface area contributed by atoms with Crippen LogP contribution in [0.2, 0.25) is 5.02 Å². The molecule has 0 bridgehead atoms. The molecular weight excluding hydrogens is 208 g/mol. The number of aryl methyl sites for hydroxylation is 1. The largest absolute Gasteiger partial charge is 0.370 e. The molecule has 1 unspecified atom stereocenters. The average molecular weight is 225 g/mol. The Morgan fingerprint density at radius 2 is 2.27 bits per heavy atom. The molecule has 82 valence electrons. The van der Waals surface area contributed by atoms with Gasteiger partial charge < -0.3 is 10.2 Å². The SMILES string of the molecule is Cc1ccc(N(C)C2CCNC2)cc1Cl. The summed E-state index contributed by atoms with van der Waals surface area (Å²) in [7, 11) is 2.14. The third-order valence-electron chi connectivity index (χ3n) is 3.14. The van der Waals surface area contributed by atoms with Crippen molar-refractivity contribution in [2.75, 3.05) is 25.0 Å². The smallest absolute Gasteiger partial charge is 0.0455 e. The summed E-state index contributed by atoms with van der Waals surface area (Å²) < 4.78 is 0. The summed E-state index contributed by atoms with van der Waals surface area (Å²) in [4.78, 5) is 2.31. The van der Waals surface area contributed by atoms with E-state index in [4.69, 9.17) is 11.6 Å². The highest BCUT2D eigenvalue weighted by Crippen LogP contribution is 2.24. The van der Waals surface area contributed by atoms with E-state index in [9.17, 15) is 0 Å². The first-order valence-electron chi connectivity index (χ1n) is 5.38. The van der Waals surface area contributed by atoms with Crippen LogP contribution in [0.15, 0.2) is 18.2 Å². The topological polar surface area (TPSA) is 15.3 Å². The Kier molecular flexibility index (Phi) is 3.17. The van der Waals surface area contributed by atoms with E-state index in [1.807, 2.05) is 6.92 Å². The molecule has 2 nitrogen and oxygen atoms in total. The van der Waals surface area contributed by atoms with Crippen LogP contribution in [0.25, 0.3) is 0 Å². The van der Waals surface area contributed by atoms with E-state index in [-0.39, 0.29) is 0 Å². The summed E-state index contributed by atoms with van der Waals surface area (Å²) in [5, 5.41) is 4.23. The number of likely N-dealkylation sites (N-methyl/N-ethyl adjacent to an activating group) is 1. The van der Waals surface area contributed by atoms with Gasteiger partial charge in [0.15, 0.2) is 0 Å². The zero-order valence-corrected chi connectivity index (χ0v) is 10.0. The molecule has 1 aromatic rings. The lowest BCUT2D eigenvalue weighted by Crippen LogP contribution is -2.33. The van der Waals surface area contributed by atoms with Crippen molar-refractivity contribution in [3.8, 4) is 0 Å². The molecule has 0 spiro atoms. The van der Waals surface area contributed by atoms with Gasteiger partial charge in [-0.15, -0.1) is 0 Å². The van der Waals surface area contributed by atoms with Gasteiger partial charge in [0.2, 0.25) is 0 Å². The molecule has 1 aromatic carbocycles. The number of rotatable bonds is 2. The fourth-order valence-corrected chi connectivity index (χ4v) is 2.16. The normalized spacial score (nSPS) is 20.6. The molecule has 15 heavy (non-hydrogen) atoms. The lowest BCUT2D eigenvalue weighted by atomic mass is 10.1. The summed E-state index contributed by atoms with van der Waals surface area (Å²) in [5.74, 6) is 0. The first kappa shape index (κ1) is 10.8. The summed E-state index contributed by atoms with van der Waals surface area (Å²) in [6, 6.07) is 6.87. The second-order valence-electron chi connectivity index (χ2n) is 4.19. The van der Waals surface area contributed by atoms with Gasteiger partial charge in [0.1, 0.15) is 0 Å². The van der Waals surface area contributed by atoms with Gasteiger partial charge in [0.25, 0.3) is 0 Å². The maximum Gasteiger partial charge on any atom is 0.0455 e. The molecule has 0 radical (unpaired) electrons. The van der Waals surface area contributed by atoms with Crippen molar-refractivity contribution in [1.29, 1.82) is 0 Å². The van der Waals surface area contributed by atoms with Gasteiger partial charge in [-0.3, -0.25) is 0 Å². The molecule has 1 fully saturated rings. The molecule has 3 heteroatoms. The maximum absolute atomic E-state index is 6.12. The molecule has 1 aliphatic heterocycles. The quantitative estimate of drug-likeness (QED) is 0.830. The van der Waals surface area contributed by atoms with Crippen LogP contribution in [-0.4, -0.2) is 26.2 Å². The Bertz CT molecular complexity index is 345. The first-order valence-corrected chi connectivity index (χ1v) is 5.76. The number of halogens is 1. The third kappa shape index (κ3) is 2.27. The van der Waals surface area contributed by atoms with Gasteiger partial charge in [-0.2, -0.15) is 0 Å². The zero-order valence-electron chi connectivity index (χ0n) is 9.26. The Balaban J connectivity index is 2.17. The standard InChI is InChI=1S/C12H17ClN2/c1-9-3-4-10(7-12(9)13)15(2)11-5-6-14-8-11/h3-4,7,11,14H,5-6,8H2,1-2H3. The van der Waals surface area contributed by atoms with Crippen molar-refractivity contribution < 1.29 is 0 Å². The van der Waals surface area contributed by atoms with Gasteiger partial charge in [-0.05, 0) is 37.6 Å². The second-order valence-corrected chi connectivity index (χ2v) is 4.60. The van der Waals surface area contributed by atoms with E-state index < -0.39 is 0 Å². The van der Waals surface area contributed by atoms with Crippen LogP contribution in [-0.2, 0) is 0 Å². The fourth-order valence-electron chi connectivity index (χ4n) is 1.98. The fraction of sp³-hybridized carbons (Fsp3) is 0.500. The van der Waals surface area contributed by atoms with Crippen molar-refractivity contribution in [3.05, 3.63) is 28.8 Å². The van der Waals surface area contributed by atoms with Gasteiger partial charge >= 0.3 is 0 Å². The Labute approximate surface area is 96.2 Å². The Hall–Kier alpha value is -0.730. The van der Waals surface area contributed by atoms with Gasteiger partial charge in [0.05, 0.1) is 0 Å². The molecule has 2 rings (SSSR count). The zero-order chi connectivity index (χ0) is 10.8. The predicted octanol–water partition coefficient (Wildman–Crippen LogP) is 2.45. The van der Waals surface area contributed by atoms with Crippen molar-refractivity contribution in [3.63, 3.8) is 0 Å². The van der Waals surface area contributed by atoms with Gasteiger partial charge in [-0.1, -0.05) is 17.7 Å². The van der Waals surface area contributed by atoms with Crippen molar-refractivity contribution >= 4 is 17.3 Å². The number of anilines is 1. The molecule has 0 aromatic heterocycles. The predicted molar refractivity (Wildman–Crippen MR) is 65.9 cm³/mol. The monoisotopic (exact) mass is 224 g/mol. The number of benzene rings is 1. The van der Waals surface area contributed by atoms with Gasteiger partial charge in [0, 0.05) is 30.3 Å². The highest BCUT2D eigenvalue weighted by molar-refractivity contribution is 6.31. The molecule has 0 saturated carbocycles. The van der Waals surface area contributed by atoms with Crippen LogP contribution in [0.5, 0.6) is 0 Å². The van der Waals surface area contributed by atoms with E-state index in [0.29, 0.717) is 6.04 Å².